The fourth-order valence-corrected chi connectivity index (χ4v) is 3.05. The smallest absolute Gasteiger partial charge is 0.332 e. The number of hydrogen-bond acceptors (Lipinski definition) is 5. The van der Waals surface area contributed by atoms with Crippen LogP contribution in [0.5, 0.6) is 0 Å². The lowest BCUT2D eigenvalue weighted by atomic mass is 9.85. The SMILES string of the molecule is CCCCNc1nnc(-c2ccc(/C=C(/C(=O)O)C(C)(C)C)cc2)s1. The summed E-state index contributed by atoms with van der Waals surface area (Å²) in [5, 5.41) is 22.7. The summed E-state index contributed by atoms with van der Waals surface area (Å²) in [5.41, 5.74) is 1.81. The van der Waals surface area contributed by atoms with Gasteiger partial charge in [0, 0.05) is 17.7 Å². The predicted molar refractivity (Wildman–Crippen MR) is 104 cm³/mol. The van der Waals surface area contributed by atoms with E-state index in [0.29, 0.717) is 5.57 Å². The van der Waals surface area contributed by atoms with Crippen molar-refractivity contribution < 1.29 is 9.90 Å². The average molecular weight is 359 g/mol. The van der Waals surface area contributed by atoms with Gasteiger partial charge < -0.3 is 10.4 Å². The van der Waals surface area contributed by atoms with Crippen LogP contribution in [0, 0.1) is 5.41 Å². The van der Waals surface area contributed by atoms with Gasteiger partial charge in [0.05, 0.1) is 0 Å². The molecule has 0 spiro atoms. The largest absolute Gasteiger partial charge is 0.478 e. The highest BCUT2D eigenvalue weighted by Gasteiger charge is 2.23. The highest BCUT2D eigenvalue weighted by molar-refractivity contribution is 7.18. The van der Waals surface area contributed by atoms with E-state index in [1.165, 1.54) is 11.3 Å². The minimum absolute atomic E-state index is 0.388. The molecule has 6 heteroatoms. The van der Waals surface area contributed by atoms with E-state index in [2.05, 4.69) is 22.4 Å². The molecule has 0 aliphatic rings. The Labute approximate surface area is 152 Å². The molecule has 0 aliphatic heterocycles. The summed E-state index contributed by atoms with van der Waals surface area (Å²) < 4.78 is 0. The van der Waals surface area contributed by atoms with Crippen molar-refractivity contribution >= 4 is 28.5 Å². The van der Waals surface area contributed by atoms with Crippen molar-refractivity contribution in [3.63, 3.8) is 0 Å². The number of unbranched alkanes of at least 4 members (excludes halogenated alkanes) is 1. The fraction of sp³-hybridized carbons (Fsp3) is 0.421. The lowest BCUT2D eigenvalue weighted by molar-refractivity contribution is -0.133. The van der Waals surface area contributed by atoms with Crippen LogP contribution in [-0.2, 0) is 4.79 Å². The third-order valence-electron chi connectivity index (χ3n) is 3.74. The second-order valence-corrected chi connectivity index (χ2v) is 7.91. The molecule has 134 valence electrons. The number of nitrogens with one attached hydrogen (secondary N) is 1. The normalized spacial score (nSPS) is 12.2. The lowest BCUT2D eigenvalue weighted by Crippen LogP contribution is -2.17. The van der Waals surface area contributed by atoms with Gasteiger partial charge in [-0.25, -0.2) is 4.79 Å². The first-order chi connectivity index (χ1) is 11.8. The molecule has 0 saturated carbocycles. The van der Waals surface area contributed by atoms with Crippen molar-refractivity contribution in [1.29, 1.82) is 0 Å². The van der Waals surface area contributed by atoms with Crippen molar-refractivity contribution in [1.82, 2.24) is 10.2 Å². The zero-order valence-corrected chi connectivity index (χ0v) is 16.0. The molecule has 1 aromatic heterocycles. The molecule has 2 rings (SSSR count). The number of rotatable bonds is 7. The maximum absolute atomic E-state index is 11.5. The van der Waals surface area contributed by atoms with E-state index in [1.54, 1.807) is 6.08 Å². The third-order valence-corrected chi connectivity index (χ3v) is 4.67. The molecule has 1 aromatic carbocycles. The van der Waals surface area contributed by atoms with E-state index in [9.17, 15) is 9.90 Å². The number of hydrogen-bond donors (Lipinski definition) is 2. The molecule has 0 atom stereocenters. The number of carboxylic acid groups (broad SMARTS) is 1. The number of benzene rings is 1. The Morgan fingerprint density at radius 1 is 1.24 bits per heavy atom. The van der Waals surface area contributed by atoms with Gasteiger partial charge in [0.15, 0.2) is 0 Å². The Morgan fingerprint density at radius 2 is 1.92 bits per heavy atom. The average Bonchev–Trinajstić information content (AvgIpc) is 3.01. The monoisotopic (exact) mass is 359 g/mol. The zero-order valence-electron chi connectivity index (χ0n) is 15.2. The molecule has 25 heavy (non-hydrogen) atoms. The maximum atomic E-state index is 11.5. The molecule has 0 bridgehead atoms. The van der Waals surface area contributed by atoms with Gasteiger partial charge in [0.1, 0.15) is 5.01 Å². The van der Waals surface area contributed by atoms with E-state index in [0.717, 1.165) is 40.7 Å². The maximum Gasteiger partial charge on any atom is 0.332 e. The van der Waals surface area contributed by atoms with Crippen molar-refractivity contribution in [3.05, 3.63) is 35.4 Å². The first-order valence-corrected chi connectivity index (χ1v) is 9.26. The second kappa shape index (κ2) is 8.25. The van der Waals surface area contributed by atoms with Gasteiger partial charge in [-0.05, 0) is 23.5 Å². The summed E-state index contributed by atoms with van der Waals surface area (Å²) in [6.45, 7) is 8.75. The van der Waals surface area contributed by atoms with Crippen LogP contribution >= 0.6 is 11.3 Å². The van der Waals surface area contributed by atoms with E-state index < -0.39 is 11.4 Å². The summed E-state index contributed by atoms with van der Waals surface area (Å²) in [6.07, 6.45) is 3.97. The van der Waals surface area contributed by atoms with Crippen molar-refractivity contribution in [2.24, 2.45) is 5.41 Å². The van der Waals surface area contributed by atoms with E-state index in [1.807, 2.05) is 45.0 Å². The van der Waals surface area contributed by atoms with E-state index >= 15 is 0 Å². The van der Waals surface area contributed by atoms with Gasteiger partial charge in [-0.3, -0.25) is 0 Å². The van der Waals surface area contributed by atoms with Crippen LogP contribution in [0.2, 0.25) is 0 Å². The van der Waals surface area contributed by atoms with E-state index in [4.69, 9.17) is 0 Å². The standard InChI is InChI=1S/C19H25N3O2S/c1-5-6-11-20-18-22-21-16(25-18)14-9-7-13(8-10-14)12-15(17(23)24)19(2,3)4/h7-10,12H,5-6,11H2,1-4H3,(H,20,22)(H,23,24)/b15-12-. The van der Waals surface area contributed by atoms with Crippen LogP contribution in [0.15, 0.2) is 29.8 Å². The molecular weight excluding hydrogens is 334 g/mol. The van der Waals surface area contributed by atoms with Crippen LogP contribution in [0.3, 0.4) is 0 Å². The summed E-state index contributed by atoms with van der Waals surface area (Å²) in [5.74, 6) is -0.886. The number of nitrogens with zero attached hydrogens (tertiary/aromatic N) is 2. The van der Waals surface area contributed by atoms with Gasteiger partial charge in [0.2, 0.25) is 5.13 Å². The van der Waals surface area contributed by atoms with E-state index in [-0.39, 0.29) is 0 Å². The first kappa shape index (κ1) is 19.1. The molecule has 0 fully saturated rings. The fourth-order valence-electron chi connectivity index (χ4n) is 2.27. The quantitative estimate of drug-likeness (QED) is 0.541. The Hall–Kier alpha value is -2.21. The number of aliphatic carboxylic acids is 1. The topological polar surface area (TPSA) is 75.1 Å². The van der Waals surface area contributed by atoms with Gasteiger partial charge >= 0.3 is 5.97 Å². The van der Waals surface area contributed by atoms with Gasteiger partial charge in [-0.2, -0.15) is 0 Å². The van der Waals surface area contributed by atoms with Gasteiger partial charge in [-0.1, -0.05) is 69.7 Å². The van der Waals surface area contributed by atoms with Gasteiger partial charge in [0.25, 0.3) is 0 Å². The molecule has 2 aromatic rings. The van der Waals surface area contributed by atoms with Crippen LogP contribution in [0.25, 0.3) is 16.6 Å². The third kappa shape index (κ3) is 5.39. The summed E-state index contributed by atoms with van der Waals surface area (Å²) in [6, 6.07) is 7.72. The molecule has 0 unspecified atom stereocenters. The molecule has 1 heterocycles. The van der Waals surface area contributed by atoms with Gasteiger partial charge in [-0.15, -0.1) is 10.2 Å². The number of carboxylic acids is 1. The first-order valence-electron chi connectivity index (χ1n) is 8.44. The number of aromatic nitrogens is 2. The van der Waals surface area contributed by atoms with Crippen LogP contribution in [0.4, 0.5) is 5.13 Å². The minimum atomic E-state index is -0.886. The molecule has 0 radical (unpaired) electrons. The predicted octanol–water partition coefficient (Wildman–Crippen LogP) is 4.93. The summed E-state index contributed by atoms with van der Waals surface area (Å²) in [7, 11) is 0. The highest BCUT2D eigenvalue weighted by Crippen LogP contribution is 2.29. The molecular formula is C19H25N3O2S. The van der Waals surface area contributed by atoms with Crippen LogP contribution < -0.4 is 5.32 Å². The summed E-state index contributed by atoms with van der Waals surface area (Å²) >= 11 is 1.52. The molecule has 0 amide bonds. The van der Waals surface area contributed by atoms with Crippen LogP contribution in [0.1, 0.15) is 46.1 Å². The summed E-state index contributed by atoms with van der Waals surface area (Å²) in [4.78, 5) is 11.5. The lowest BCUT2D eigenvalue weighted by Gasteiger charge is -2.19. The Bertz CT molecular complexity index is 743. The number of anilines is 1. The van der Waals surface area contributed by atoms with Crippen molar-refractivity contribution in [3.8, 4) is 10.6 Å². The van der Waals surface area contributed by atoms with Crippen LogP contribution in [-0.4, -0.2) is 27.8 Å². The highest BCUT2D eigenvalue weighted by atomic mass is 32.1. The minimum Gasteiger partial charge on any atom is -0.478 e. The zero-order chi connectivity index (χ0) is 18.4. The van der Waals surface area contributed by atoms with Crippen molar-refractivity contribution in [2.45, 2.75) is 40.5 Å². The molecule has 0 saturated heterocycles. The second-order valence-electron chi connectivity index (χ2n) is 6.93. The Morgan fingerprint density at radius 3 is 2.48 bits per heavy atom. The molecule has 2 N–H and O–H groups in total. The number of carbonyl (C=O) groups is 1. The Kier molecular flexibility index (Phi) is 6.31. The molecule has 0 aliphatic carbocycles. The Balaban J connectivity index is 2.16. The van der Waals surface area contributed by atoms with Crippen molar-refractivity contribution in [2.75, 3.05) is 11.9 Å². The molecule has 5 nitrogen and oxygen atoms in total.